The lowest BCUT2D eigenvalue weighted by atomic mass is 10.1. The van der Waals surface area contributed by atoms with Crippen LogP contribution in [0.1, 0.15) is 22.8 Å². The van der Waals surface area contributed by atoms with E-state index in [1.165, 1.54) is 4.90 Å². The van der Waals surface area contributed by atoms with Gasteiger partial charge in [0.05, 0.1) is 0 Å². The van der Waals surface area contributed by atoms with E-state index in [-0.39, 0.29) is 12.5 Å². The summed E-state index contributed by atoms with van der Waals surface area (Å²) in [7, 11) is 0. The lowest BCUT2D eigenvalue weighted by molar-refractivity contribution is -0.138. The van der Waals surface area contributed by atoms with E-state index >= 15 is 0 Å². The van der Waals surface area contributed by atoms with Crippen molar-refractivity contribution in [2.24, 2.45) is 0 Å². The number of imide groups is 1. The second-order valence-corrected chi connectivity index (χ2v) is 4.34. The summed E-state index contributed by atoms with van der Waals surface area (Å²) < 4.78 is 0. The molecule has 2 rings (SSSR count). The zero-order valence-electron chi connectivity index (χ0n) is 10.3. The summed E-state index contributed by atoms with van der Waals surface area (Å²) in [4.78, 5) is 36.4. The topological polar surface area (TPSA) is 66.5 Å². The fourth-order valence-corrected chi connectivity index (χ4v) is 1.93. The minimum Gasteiger partial charge on any atom is -0.318 e. The van der Waals surface area contributed by atoms with Gasteiger partial charge in [0.2, 0.25) is 11.8 Å². The van der Waals surface area contributed by atoms with Gasteiger partial charge in [-0.3, -0.25) is 19.7 Å². The molecule has 3 amide bonds. The number of nitrogens with one attached hydrogen (secondary N) is 1. The van der Waals surface area contributed by atoms with Crippen molar-refractivity contribution in [2.75, 3.05) is 6.54 Å². The Morgan fingerprint density at radius 1 is 1.33 bits per heavy atom. The molecule has 1 fully saturated rings. The van der Waals surface area contributed by atoms with Crippen LogP contribution in [0.4, 0.5) is 0 Å². The normalized spacial score (nSPS) is 19.7. The second-order valence-electron chi connectivity index (χ2n) is 4.34. The number of piperazine rings is 1. The molecule has 1 heterocycles. The molecule has 0 spiro atoms. The van der Waals surface area contributed by atoms with E-state index in [0.29, 0.717) is 5.56 Å². The maximum atomic E-state index is 12.3. The van der Waals surface area contributed by atoms with Gasteiger partial charge < -0.3 is 4.90 Å². The molecule has 5 heteroatoms. The van der Waals surface area contributed by atoms with Crippen molar-refractivity contribution in [3.05, 3.63) is 35.4 Å². The molecule has 1 unspecified atom stereocenters. The summed E-state index contributed by atoms with van der Waals surface area (Å²) in [6.45, 7) is 3.35. The van der Waals surface area contributed by atoms with Gasteiger partial charge in [0.1, 0.15) is 12.6 Å². The SMILES string of the molecule is Cc1ccccc1C(=O)N1CC(=O)NC(=O)C1C. The van der Waals surface area contributed by atoms with E-state index < -0.39 is 17.9 Å². The molecule has 5 nitrogen and oxygen atoms in total. The first-order chi connectivity index (χ1) is 8.50. The maximum absolute atomic E-state index is 12.3. The molecule has 1 aromatic carbocycles. The average molecular weight is 246 g/mol. The summed E-state index contributed by atoms with van der Waals surface area (Å²) in [5.41, 5.74) is 1.35. The molecule has 0 saturated carbocycles. The van der Waals surface area contributed by atoms with Crippen molar-refractivity contribution in [3.8, 4) is 0 Å². The fourth-order valence-electron chi connectivity index (χ4n) is 1.93. The van der Waals surface area contributed by atoms with E-state index in [2.05, 4.69) is 5.32 Å². The zero-order chi connectivity index (χ0) is 13.3. The first-order valence-electron chi connectivity index (χ1n) is 5.71. The van der Waals surface area contributed by atoms with Crippen molar-refractivity contribution in [1.29, 1.82) is 0 Å². The molecule has 1 aromatic rings. The Morgan fingerprint density at radius 3 is 2.67 bits per heavy atom. The van der Waals surface area contributed by atoms with Crippen LogP contribution in [0.15, 0.2) is 24.3 Å². The average Bonchev–Trinajstić information content (AvgIpc) is 2.33. The molecule has 1 N–H and O–H groups in total. The van der Waals surface area contributed by atoms with Crippen LogP contribution in [0.5, 0.6) is 0 Å². The van der Waals surface area contributed by atoms with Gasteiger partial charge in [0, 0.05) is 5.56 Å². The maximum Gasteiger partial charge on any atom is 0.255 e. The fraction of sp³-hybridized carbons (Fsp3) is 0.308. The third-order valence-electron chi connectivity index (χ3n) is 3.06. The van der Waals surface area contributed by atoms with Gasteiger partial charge >= 0.3 is 0 Å². The lowest BCUT2D eigenvalue weighted by Crippen LogP contribution is -2.58. The molecule has 0 radical (unpaired) electrons. The van der Waals surface area contributed by atoms with Gasteiger partial charge in [-0.1, -0.05) is 18.2 Å². The highest BCUT2D eigenvalue weighted by Crippen LogP contribution is 2.14. The van der Waals surface area contributed by atoms with Crippen molar-refractivity contribution in [3.63, 3.8) is 0 Å². The Bertz CT molecular complexity index is 525. The van der Waals surface area contributed by atoms with Crippen LogP contribution in [0.25, 0.3) is 0 Å². The number of carbonyl (C=O) groups excluding carboxylic acids is 3. The molecule has 1 aliphatic rings. The smallest absolute Gasteiger partial charge is 0.255 e. The quantitative estimate of drug-likeness (QED) is 0.733. The number of benzene rings is 1. The monoisotopic (exact) mass is 246 g/mol. The first kappa shape index (κ1) is 12.3. The highest BCUT2D eigenvalue weighted by Gasteiger charge is 2.34. The molecule has 0 bridgehead atoms. The number of rotatable bonds is 1. The Hall–Kier alpha value is -2.17. The Morgan fingerprint density at radius 2 is 2.00 bits per heavy atom. The van der Waals surface area contributed by atoms with Crippen LogP contribution >= 0.6 is 0 Å². The van der Waals surface area contributed by atoms with Gasteiger partial charge in [0.25, 0.3) is 5.91 Å². The summed E-state index contributed by atoms with van der Waals surface area (Å²) >= 11 is 0. The van der Waals surface area contributed by atoms with Crippen LogP contribution in [0.3, 0.4) is 0 Å². The van der Waals surface area contributed by atoms with E-state index in [0.717, 1.165) is 5.56 Å². The third kappa shape index (κ3) is 2.11. The Balaban J connectivity index is 2.31. The van der Waals surface area contributed by atoms with Crippen LogP contribution in [0, 0.1) is 6.92 Å². The summed E-state index contributed by atoms with van der Waals surface area (Å²) in [6, 6.07) is 6.49. The Labute approximate surface area is 105 Å². The molecular formula is C13H14N2O3. The van der Waals surface area contributed by atoms with Gasteiger partial charge in [-0.05, 0) is 25.5 Å². The molecule has 1 atom stereocenters. The van der Waals surface area contributed by atoms with Gasteiger partial charge in [-0.2, -0.15) is 0 Å². The van der Waals surface area contributed by atoms with Crippen molar-refractivity contribution in [2.45, 2.75) is 19.9 Å². The molecule has 18 heavy (non-hydrogen) atoms. The molecule has 0 aromatic heterocycles. The molecule has 1 saturated heterocycles. The summed E-state index contributed by atoms with van der Waals surface area (Å²) in [5, 5.41) is 2.21. The highest BCUT2D eigenvalue weighted by atomic mass is 16.2. The second kappa shape index (κ2) is 4.60. The Kier molecular flexibility index (Phi) is 3.14. The van der Waals surface area contributed by atoms with Crippen LogP contribution < -0.4 is 5.32 Å². The predicted molar refractivity (Wildman–Crippen MR) is 64.8 cm³/mol. The van der Waals surface area contributed by atoms with E-state index in [1.807, 2.05) is 19.1 Å². The van der Waals surface area contributed by atoms with Crippen LogP contribution in [-0.2, 0) is 9.59 Å². The molecule has 0 aliphatic carbocycles. The highest BCUT2D eigenvalue weighted by molar-refractivity contribution is 6.07. The zero-order valence-corrected chi connectivity index (χ0v) is 10.3. The number of carbonyl (C=O) groups is 3. The minimum absolute atomic E-state index is 0.0833. The van der Waals surface area contributed by atoms with Crippen molar-refractivity contribution >= 4 is 17.7 Å². The van der Waals surface area contributed by atoms with Crippen molar-refractivity contribution < 1.29 is 14.4 Å². The van der Waals surface area contributed by atoms with Gasteiger partial charge in [0.15, 0.2) is 0 Å². The number of amides is 3. The predicted octanol–water partition coefficient (Wildman–Crippen LogP) is 0.482. The van der Waals surface area contributed by atoms with Crippen molar-refractivity contribution in [1.82, 2.24) is 10.2 Å². The van der Waals surface area contributed by atoms with Crippen LogP contribution in [0.2, 0.25) is 0 Å². The molecule has 1 aliphatic heterocycles. The minimum atomic E-state index is -0.630. The summed E-state index contributed by atoms with van der Waals surface area (Å²) in [5.74, 6) is -1.17. The number of aryl methyl sites for hydroxylation is 1. The third-order valence-corrected chi connectivity index (χ3v) is 3.06. The number of hydrogen-bond donors (Lipinski definition) is 1. The van der Waals surface area contributed by atoms with Gasteiger partial charge in [-0.25, -0.2) is 0 Å². The van der Waals surface area contributed by atoms with E-state index in [1.54, 1.807) is 19.1 Å². The number of hydrogen-bond acceptors (Lipinski definition) is 3. The van der Waals surface area contributed by atoms with E-state index in [4.69, 9.17) is 0 Å². The standard InChI is InChI=1S/C13H14N2O3/c1-8-5-3-4-6-10(8)13(18)15-7-11(16)14-12(17)9(15)2/h3-6,9H,7H2,1-2H3,(H,14,16,17). The number of nitrogens with zero attached hydrogens (tertiary/aromatic N) is 1. The summed E-state index contributed by atoms with van der Waals surface area (Å²) in [6.07, 6.45) is 0. The van der Waals surface area contributed by atoms with E-state index in [9.17, 15) is 14.4 Å². The lowest BCUT2D eigenvalue weighted by Gasteiger charge is -2.32. The van der Waals surface area contributed by atoms with Crippen LogP contribution in [-0.4, -0.2) is 35.2 Å². The molecule has 94 valence electrons. The molecular weight excluding hydrogens is 232 g/mol. The first-order valence-corrected chi connectivity index (χ1v) is 5.71. The largest absolute Gasteiger partial charge is 0.318 e. The van der Waals surface area contributed by atoms with Gasteiger partial charge in [-0.15, -0.1) is 0 Å².